The Kier molecular flexibility index (Phi) is 2.95. The minimum absolute atomic E-state index is 0.0787. The smallest absolute Gasteiger partial charge is 0.145 e. The Morgan fingerprint density at radius 2 is 2.13 bits per heavy atom. The fourth-order valence-corrected chi connectivity index (χ4v) is 2.29. The maximum Gasteiger partial charge on any atom is 0.145 e. The van der Waals surface area contributed by atoms with Crippen molar-refractivity contribution in [3.63, 3.8) is 0 Å². The van der Waals surface area contributed by atoms with Gasteiger partial charge in [0.15, 0.2) is 0 Å². The van der Waals surface area contributed by atoms with E-state index in [1.165, 1.54) is 0 Å². The number of aliphatic hydroxyl groups excluding tert-OH is 1. The molecule has 1 heterocycles. The zero-order valence-corrected chi connectivity index (χ0v) is 9.19. The summed E-state index contributed by atoms with van der Waals surface area (Å²) in [6, 6.07) is 1.90. The van der Waals surface area contributed by atoms with Crippen molar-refractivity contribution in [3.05, 3.63) is 11.8 Å². The van der Waals surface area contributed by atoms with Crippen molar-refractivity contribution >= 4 is 5.82 Å². The number of hydrogen-bond donors (Lipinski definition) is 2. The molecule has 1 aromatic rings. The zero-order chi connectivity index (χ0) is 10.8. The molecule has 0 bridgehead atoms. The fourth-order valence-electron chi connectivity index (χ4n) is 2.29. The molecule has 1 aromatic heterocycles. The highest BCUT2D eigenvalue weighted by Gasteiger charge is 2.20. The lowest BCUT2D eigenvalue weighted by molar-refractivity contribution is 0.103. The van der Waals surface area contributed by atoms with Gasteiger partial charge in [0.2, 0.25) is 0 Å². The largest absolute Gasteiger partial charge is 0.393 e. The summed E-state index contributed by atoms with van der Waals surface area (Å²) in [5, 5.41) is 13.7. The van der Waals surface area contributed by atoms with Crippen LogP contribution >= 0.6 is 0 Å². The van der Waals surface area contributed by atoms with Gasteiger partial charge in [0.05, 0.1) is 6.10 Å². The summed E-state index contributed by atoms with van der Waals surface area (Å²) in [6.45, 7) is 2.97. The molecule has 0 amide bonds. The van der Waals surface area contributed by atoms with E-state index in [0.29, 0.717) is 11.7 Å². The summed E-state index contributed by atoms with van der Waals surface area (Å²) in [4.78, 5) is 0. The molecule has 0 spiro atoms. The van der Waals surface area contributed by atoms with Crippen molar-refractivity contribution in [1.82, 2.24) is 9.78 Å². The maximum atomic E-state index is 9.41. The van der Waals surface area contributed by atoms with Crippen LogP contribution in [0.25, 0.3) is 0 Å². The van der Waals surface area contributed by atoms with E-state index in [-0.39, 0.29) is 6.10 Å². The number of nitrogens with zero attached hydrogens (tertiary/aromatic N) is 2. The topological polar surface area (TPSA) is 64.1 Å². The molecule has 84 valence electrons. The van der Waals surface area contributed by atoms with Crippen LogP contribution in [0, 0.1) is 12.8 Å². The van der Waals surface area contributed by atoms with Gasteiger partial charge in [-0.15, -0.1) is 0 Å². The highest BCUT2D eigenvalue weighted by Crippen LogP contribution is 2.25. The van der Waals surface area contributed by atoms with Crippen LogP contribution in [0.15, 0.2) is 6.07 Å². The summed E-state index contributed by atoms with van der Waals surface area (Å²) in [5.74, 6) is 1.25. The number of rotatable bonds is 2. The lowest BCUT2D eigenvalue weighted by atomic mass is 9.87. The van der Waals surface area contributed by atoms with Crippen LogP contribution in [0.1, 0.15) is 31.4 Å². The second-order valence-electron chi connectivity index (χ2n) is 4.57. The van der Waals surface area contributed by atoms with Crippen LogP contribution < -0.4 is 5.73 Å². The molecule has 0 aromatic carbocycles. The summed E-state index contributed by atoms with van der Waals surface area (Å²) < 4.78 is 1.98. The van der Waals surface area contributed by atoms with Gasteiger partial charge in [-0.1, -0.05) is 0 Å². The maximum absolute atomic E-state index is 9.41. The number of hydrogen-bond acceptors (Lipinski definition) is 3. The van der Waals surface area contributed by atoms with E-state index in [1.807, 2.05) is 17.7 Å². The first-order chi connectivity index (χ1) is 7.15. The Labute approximate surface area is 90.1 Å². The van der Waals surface area contributed by atoms with Crippen molar-refractivity contribution in [3.8, 4) is 0 Å². The van der Waals surface area contributed by atoms with Crippen molar-refractivity contribution in [1.29, 1.82) is 0 Å². The van der Waals surface area contributed by atoms with E-state index in [9.17, 15) is 5.11 Å². The standard InChI is InChI=1S/C11H19N3O/c1-8-6-11(12)13-14(8)7-9-2-4-10(15)5-3-9/h6,9-10,15H,2-5,7H2,1H3,(H2,12,13). The molecule has 3 N–H and O–H groups in total. The van der Waals surface area contributed by atoms with Crippen LogP contribution in [0.2, 0.25) is 0 Å². The molecule has 1 fully saturated rings. The minimum atomic E-state index is -0.0787. The average Bonchev–Trinajstić information content (AvgIpc) is 2.49. The molecule has 1 aliphatic carbocycles. The van der Waals surface area contributed by atoms with Crippen molar-refractivity contribution < 1.29 is 5.11 Å². The van der Waals surface area contributed by atoms with Gasteiger partial charge in [-0.25, -0.2) is 0 Å². The van der Waals surface area contributed by atoms with Crippen LogP contribution in [0.5, 0.6) is 0 Å². The summed E-state index contributed by atoms with van der Waals surface area (Å²) in [7, 11) is 0. The first-order valence-electron chi connectivity index (χ1n) is 5.63. The highest BCUT2D eigenvalue weighted by molar-refractivity contribution is 5.28. The van der Waals surface area contributed by atoms with Crippen LogP contribution in [-0.4, -0.2) is 21.0 Å². The van der Waals surface area contributed by atoms with Gasteiger partial charge < -0.3 is 10.8 Å². The van der Waals surface area contributed by atoms with Crippen molar-refractivity contribution in [2.45, 2.75) is 45.3 Å². The predicted octanol–water partition coefficient (Wildman–Crippen LogP) is 1.32. The molecule has 1 aliphatic rings. The van der Waals surface area contributed by atoms with E-state index >= 15 is 0 Å². The normalized spacial score (nSPS) is 26.8. The number of aryl methyl sites for hydroxylation is 1. The SMILES string of the molecule is Cc1cc(N)nn1CC1CCC(O)CC1. The second kappa shape index (κ2) is 4.23. The van der Waals surface area contributed by atoms with E-state index in [1.54, 1.807) is 0 Å². The third-order valence-corrected chi connectivity index (χ3v) is 3.25. The van der Waals surface area contributed by atoms with Gasteiger partial charge in [-0.2, -0.15) is 5.10 Å². The van der Waals surface area contributed by atoms with Crippen LogP contribution in [0.4, 0.5) is 5.82 Å². The fraction of sp³-hybridized carbons (Fsp3) is 0.727. The monoisotopic (exact) mass is 209 g/mol. The summed E-state index contributed by atoms with van der Waals surface area (Å²) >= 11 is 0. The van der Waals surface area contributed by atoms with Crippen LogP contribution in [0.3, 0.4) is 0 Å². The van der Waals surface area contributed by atoms with Crippen LogP contribution in [-0.2, 0) is 6.54 Å². The Balaban J connectivity index is 1.94. The Hall–Kier alpha value is -1.03. The predicted molar refractivity (Wildman–Crippen MR) is 59.3 cm³/mol. The third kappa shape index (κ3) is 2.50. The van der Waals surface area contributed by atoms with E-state index in [2.05, 4.69) is 5.10 Å². The molecule has 1 saturated carbocycles. The Morgan fingerprint density at radius 1 is 1.47 bits per heavy atom. The van der Waals surface area contributed by atoms with E-state index in [0.717, 1.165) is 37.9 Å². The number of nitrogen functional groups attached to an aromatic ring is 1. The third-order valence-electron chi connectivity index (χ3n) is 3.25. The molecular weight excluding hydrogens is 190 g/mol. The molecule has 4 nitrogen and oxygen atoms in total. The Bertz CT molecular complexity index is 327. The summed E-state index contributed by atoms with van der Waals surface area (Å²) in [6.07, 6.45) is 3.98. The second-order valence-corrected chi connectivity index (χ2v) is 4.57. The van der Waals surface area contributed by atoms with Gasteiger partial charge in [0.25, 0.3) is 0 Å². The molecule has 0 aliphatic heterocycles. The first-order valence-corrected chi connectivity index (χ1v) is 5.63. The molecule has 0 atom stereocenters. The van der Waals surface area contributed by atoms with Gasteiger partial charge in [-0.3, -0.25) is 4.68 Å². The number of aliphatic hydroxyl groups is 1. The molecular formula is C11H19N3O. The molecule has 0 radical (unpaired) electrons. The molecule has 2 rings (SSSR count). The Morgan fingerprint density at radius 3 is 2.67 bits per heavy atom. The number of anilines is 1. The van der Waals surface area contributed by atoms with Crippen molar-refractivity contribution in [2.75, 3.05) is 5.73 Å². The quantitative estimate of drug-likeness (QED) is 0.772. The van der Waals surface area contributed by atoms with Crippen molar-refractivity contribution in [2.24, 2.45) is 5.92 Å². The van der Waals surface area contributed by atoms with Gasteiger partial charge in [0.1, 0.15) is 5.82 Å². The van der Waals surface area contributed by atoms with Gasteiger partial charge in [0, 0.05) is 18.3 Å². The summed E-state index contributed by atoms with van der Waals surface area (Å²) in [5.41, 5.74) is 6.76. The molecule has 15 heavy (non-hydrogen) atoms. The number of aromatic nitrogens is 2. The van der Waals surface area contributed by atoms with E-state index < -0.39 is 0 Å². The molecule has 0 unspecified atom stereocenters. The minimum Gasteiger partial charge on any atom is -0.393 e. The number of nitrogens with two attached hydrogens (primary N) is 1. The lowest BCUT2D eigenvalue weighted by Gasteiger charge is -2.25. The zero-order valence-electron chi connectivity index (χ0n) is 9.19. The highest BCUT2D eigenvalue weighted by atomic mass is 16.3. The molecule has 0 saturated heterocycles. The van der Waals surface area contributed by atoms with Gasteiger partial charge in [-0.05, 0) is 38.5 Å². The lowest BCUT2D eigenvalue weighted by Crippen LogP contribution is -2.22. The van der Waals surface area contributed by atoms with Gasteiger partial charge >= 0.3 is 0 Å². The first kappa shape index (κ1) is 10.5. The molecule has 4 heteroatoms. The van der Waals surface area contributed by atoms with E-state index in [4.69, 9.17) is 5.73 Å². The average molecular weight is 209 g/mol.